The first kappa shape index (κ1) is 23.5. The quantitative estimate of drug-likeness (QED) is 0.480. The maximum absolute atomic E-state index is 13.6. The number of morpholine rings is 1. The van der Waals surface area contributed by atoms with E-state index in [-0.39, 0.29) is 11.3 Å². The smallest absolute Gasteiger partial charge is 0.378 e. The molecule has 2 heterocycles. The standard InChI is InChI=1S/C19H22F3N5O5/c1-25-7-6-24-17(25)18(29,19(20,21)22)4-5-23-16(28)14-12-13(27(30)31)2-3-15(14)26-8-10-32-11-9-26/h2-3,6-7,12,29H,4-5,8-11H2,1H3,(H,23,28). The molecule has 1 aromatic heterocycles. The minimum absolute atomic E-state index is 0.0476. The van der Waals surface area contributed by atoms with Gasteiger partial charge >= 0.3 is 6.18 Å². The number of anilines is 1. The first-order chi connectivity index (χ1) is 15.0. The van der Waals surface area contributed by atoms with Gasteiger partial charge in [0.2, 0.25) is 5.60 Å². The van der Waals surface area contributed by atoms with Gasteiger partial charge in [-0.15, -0.1) is 0 Å². The molecule has 1 amide bonds. The van der Waals surface area contributed by atoms with Crippen molar-refractivity contribution in [1.29, 1.82) is 0 Å². The molecule has 174 valence electrons. The maximum Gasteiger partial charge on any atom is 0.424 e. The van der Waals surface area contributed by atoms with Gasteiger partial charge in [0.15, 0.2) is 0 Å². The van der Waals surface area contributed by atoms with E-state index in [1.54, 1.807) is 0 Å². The molecule has 3 rings (SSSR count). The van der Waals surface area contributed by atoms with E-state index in [0.717, 1.165) is 16.8 Å². The third-order valence-electron chi connectivity index (χ3n) is 5.22. The molecule has 10 nitrogen and oxygen atoms in total. The number of ether oxygens (including phenoxy) is 1. The lowest BCUT2D eigenvalue weighted by Gasteiger charge is -2.31. The van der Waals surface area contributed by atoms with Crippen LogP contribution < -0.4 is 10.2 Å². The third-order valence-corrected chi connectivity index (χ3v) is 5.22. The van der Waals surface area contributed by atoms with Crippen molar-refractivity contribution in [1.82, 2.24) is 14.9 Å². The van der Waals surface area contributed by atoms with Crippen LogP contribution in [0.25, 0.3) is 0 Å². The first-order valence-corrected chi connectivity index (χ1v) is 9.71. The Balaban J connectivity index is 1.81. The van der Waals surface area contributed by atoms with E-state index in [9.17, 15) is 33.2 Å². The molecule has 0 spiro atoms. The summed E-state index contributed by atoms with van der Waals surface area (Å²) in [6.45, 7) is 1.16. The first-order valence-electron chi connectivity index (χ1n) is 9.71. The number of nitro benzene ring substituents is 1. The van der Waals surface area contributed by atoms with E-state index in [2.05, 4.69) is 10.3 Å². The summed E-state index contributed by atoms with van der Waals surface area (Å²) in [5.41, 5.74) is -3.25. The van der Waals surface area contributed by atoms with Gasteiger partial charge in [0, 0.05) is 57.6 Å². The van der Waals surface area contributed by atoms with Gasteiger partial charge in [0.05, 0.1) is 29.4 Å². The lowest BCUT2D eigenvalue weighted by atomic mass is 9.97. The summed E-state index contributed by atoms with van der Waals surface area (Å²) in [6, 6.07) is 3.76. The number of aliphatic hydroxyl groups is 1. The van der Waals surface area contributed by atoms with E-state index in [4.69, 9.17) is 4.74 Å². The second kappa shape index (κ2) is 9.12. The second-order valence-corrected chi connectivity index (χ2v) is 7.28. The molecule has 0 bridgehead atoms. The summed E-state index contributed by atoms with van der Waals surface area (Å²) in [5.74, 6) is -1.40. The number of hydrogen-bond donors (Lipinski definition) is 2. The van der Waals surface area contributed by atoms with Gasteiger partial charge in [-0.05, 0) is 6.07 Å². The van der Waals surface area contributed by atoms with Crippen LogP contribution in [0, 0.1) is 10.1 Å². The molecule has 1 saturated heterocycles. The number of imidazole rings is 1. The summed E-state index contributed by atoms with van der Waals surface area (Å²) < 4.78 is 47.2. The Kier molecular flexibility index (Phi) is 6.69. The van der Waals surface area contributed by atoms with Gasteiger partial charge in [-0.2, -0.15) is 13.2 Å². The fourth-order valence-corrected chi connectivity index (χ4v) is 3.50. The van der Waals surface area contributed by atoms with Crippen LogP contribution in [0.5, 0.6) is 0 Å². The zero-order chi connectivity index (χ0) is 23.5. The molecule has 0 aliphatic carbocycles. The highest BCUT2D eigenvalue weighted by Crippen LogP contribution is 2.40. The van der Waals surface area contributed by atoms with E-state index < -0.39 is 41.4 Å². The van der Waals surface area contributed by atoms with E-state index in [1.165, 1.54) is 25.4 Å². The lowest BCUT2D eigenvalue weighted by Crippen LogP contribution is -2.46. The summed E-state index contributed by atoms with van der Waals surface area (Å²) >= 11 is 0. The van der Waals surface area contributed by atoms with Crippen molar-refractivity contribution < 1.29 is 32.7 Å². The predicted octanol–water partition coefficient (Wildman–Crippen LogP) is 1.73. The molecule has 32 heavy (non-hydrogen) atoms. The highest BCUT2D eigenvalue weighted by molar-refractivity contribution is 6.00. The Morgan fingerprint density at radius 1 is 1.34 bits per heavy atom. The Morgan fingerprint density at radius 3 is 2.59 bits per heavy atom. The van der Waals surface area contributed by atoms with Crippen LogP contribution in [0.2, 0.25) is 0 Å². The minimum atomic E-state index is -5.04. The Hall–Kier alpha value is -3.19. The van der Waals surface area contributed by atoms with Crippen LogP contribution in [-0.2, 0) is 17.4 Å². The molecule has 1 aliphatic heterocycles. The topological polar surface area (TPSA) is 123 Å². The molecule has 1 aliphatic rings. The molecule has 2 N–H and O–H groups in total. The van der Waals surface area contributed by atoms with Crippen molar-refractivity contribution in [3.63, 3.8) is 0 Å². The van der Waals surface area contributed by atoms with Crippen LogP contribution in [0.1, 0.15) is 22.6 Å². The molecule has 1 atom stereocenters. The van der Waals surface area contributed by atoms with Gasteiger partial charge in [-0.1, -0.05) is 0 Å². The molecule has 1 aromatic carbocycles. The summed E-state index contributed by atoms with van der Waals surface area (Å²) in [5, 5.41) is 23.9. The Bertz CT molecular complexity index is 990. The van der Waals surface area contributed by atoms with Gasteiger partial charge < -0.3 is 24.6 Å². The van der Waals surface area contributed by atoms with Gasteiger partial charge in [-0.3, -0.25) is 14.9 Å². The van der Waals surface area contributed by atoms with Crippen molar-refractivity contribution in [3.05, 3.63) is 52.1 Å². The summed E-state index contributed by atoms with van der Waals surface area (Å²) in [4.78, 5) is 28.7. The summed E-state index contributed by atoms with van der Waals surface area (Å²) in [7, 11) is 1.31. The number of halogens is 3. The second-order valence-electron chi connectivity index (χ2n) is 7.28. The molecular formula is C19H22F3N5O5. The van der Waals surface area contributed by atoms with Crippen molar-refractivity contribution in [2.45, 2.75) is 18.2 Å². The van der Waals surface area contributed by atoms with Crippen LogP contribution >= 0.6 is 0 Å². The lowest BCUT2D eigenvalue weighted by molar-refractivity contribution is -0.384. The van der Waals surface area contributed by atoms with Gasteiger partial charge in [-0.25, -0.2) is 4.98 Å². The number of alkyl halides is 3. The highest BCUT2D eigenvalue weighted by atomic mass is 19.4. The molecular weight excluding hydrogens is 435 g/mol. The van der Waals surface area contributed by atoms with Gasteiger partial charge in [0.25, 0.3) is 11.6 Å². The number of aryl methyl sites for hydroxylation is 1. The number of carbonyl (C=O) groups excluding carboxylic acids is 1. The molecule has 1 unspecified atom stereocenters. The average molecular weight is 457 g/mol. The Morgan fingerprint density at radius 2 is 2.03 bits per heavy atom. The zero-order valence-corrected chi connectivity index (χ0v) is 17.1. The minimum Gasteiger partial charge on any atom is -0.378 e. The van der Waals surface area contributed by atoms with Crippen LogP contribution in [0.4, 0.5) is 24.5 Å². The third kappa shape index (κ3) is 4.67. The van der Waals surface area contributed by atoms with Crippen LogP contribution in [0.3, 0.4) is 0 Å². The van der Waals surface area contributed by atoms with E-state index >= 15 is 0 Å². The van der Waals surface area contributed by atoms with Crippen molar-refractivity contribution in [3.8, 4) is 0 Å². The largest absolute Gasteiger partial charge is 0.424 e. The number of hydrogen-bond acceptors (Lipinski definition) is 7. The van der Waals surface area contributed by atoms with Crippen molar-refractivity contribution in [2.75, 3.05) is 37.7 Å². The fraction of sp³-hybridized carbons (Fsp3) is 0.474. The fourth-order valence-electron chi connectivity index (χ4n) is 3.50. The van der Waals surface area contributed by atoms with E-state index in [0.29, 0.717) is 32.0 Å². The Labute approximate surface area is 180 Å². The number of aromatic nitrogens is 2. The molecule has 1 fully saturated rings. The average Bonchev–Trinajstić information content (AvgIpc) is 3.19. The van der Waals surface area contributed by atoms with E-state index in [1.807, 2.05) is 4.90 Å². The van der Waals surface area contributed by atoms with Crippen molar-refractivity contribution >= 4 is 17.3 Å². The number of benzene rings is 1. The number of rotatable bonds is 7. The van der Waals surface area contributed by atoms with Crippen molar-refractivity contribution in [2.24, 2.45) is 7.05 Å². The monoisotopic (exact) mass is 457 g/mol. The molecule has 0 saturated carbocycles. The molecule has 13 heteroatoms. The molecule has 0 radical (unpaired) electrons. The van der Waals surface area contributed by atoms with Crippen LogP contribution in [0.15, 0.2) is 30.6 Å². The number of non-ortho nitro benzene ring substituents is 1. The molecule has 2 aromatic rings. The number of nitro groups is 1. The zero-order valence-electron chi connectivity index (χ0n) is 17.1. The predicted molar refractivity (Wildman–Crippen MR) is 106 cm³/mol. The normalized spacial score (nSPS) is 16.5. The number of nitrogens with one attached hydrogen (secondary N) is 1. The van der Waals surface area contributed by atoms with Gasteiger partial charge in [0.1, 0.15) is 5.82 Å². The summed E-state index contributed by atoms with van der Waals surface area (Å²) in [6.07, 6.45) is -3.54. The SMILES string of the molecule is Cn1ccnc1C(O)(CCNC(=O)c1cc([N+](=O)[O-])ccc1N1CCOCC1)C(F)(F)F. The number of carbonyl (C=O) groups is 1. The number of amides is 1. The maximum atomic E-state index is 13.6. The number of nitrogens with zero attached hydrogens (tertiary/aromatic N) is 4. The highest BCUT2D eigenvalue weighted by Gasteiger charge is 2.57. The van der Waals surface area contributed by atoms with Crippen LogP contribution in [-0.4, -0.2) is 64.5 Å².